The van der Waals surface area contributed by atoms with E-state index in [1.807, 2.05) is 12.1 Å². The van der Waals surface area contributed by atoms with Gasteiger partial charge in [0.05, 0.1) is 7.11 Å². The molecule has 0 fully saturated rings. The molecular weight excluding hydrogens is 208 g/mol. The third-order valence-corrected chi connectivity index (χ3v) is 3.18. The van der Waals surface area contributed by atoms with Gasteiger partial charge in [0, 0.05) is 0 Å². The van der Waals surface area contributed by atoms with Gasteiger partial charge in [-0.25, -0.2) is 0 Å². The van der Waals surface area contributed by atoms with E-state index >= 15 is 0 Å². The van der Waals surface area contributed by atoms with E-state index in [9.17, 15) is 0 Å². The van der Waals surface area contributed by atoms with Gasteiger partial charge < -0.3 is 4.74 Å². The highest BCUT2D eigenvalue weighted by Gasteiger charge is 2.03. The summed E-state index contributed by atoms with van der Waals surface area (Å²) in [5, 5.41) is 0. The zero-order chi connectivity index (χ0) is 12.3. The standard InChI is InChI=1S/C16H18O/c1-12-5-4-6-13(2)16(12)11-14-7-9-15(17-3)10-8-14/h4-10H,11H2,1-3H3. The minimum atomic E-state index is 0.912. The first-order valence-electron chi connectivity index (χ1n) is 5.88. The van der Waals surface area contributed by atoms with Gasteiger partial charge in [0.1, 0.15) is 5.75 Å². The van der Waals surface area contributed by atoms with Crippen LogP contribution >= 0.6 is 0 Å². The lowest BCUT2D eigenvalue weighted by molar-refractivity contribution is 0.414. The van der Waals surface area contributed by atoms with E-state index < -0.39 is 0 Å². The Labute approximate surface area is 103 Å². The molecule has 2 aromatic carbocycles. The smallest absolute Gasteiger partial charge is 0.118 e. The van der Waals surface area contributed by atoms with E-state index in [1.165, 1.54) is 22.3 Å². The second kappa shape index (κ2) is 5.05. The molecule has 0 heterocycles. The number of methoxy groups -OCH3 is 1. The van der Waals surface area contributed by atoms with Crippen LogP contribution in [0.3, 0.4) is 0 Å². The first-order chi connectivity index (χ1) is 8.20. The van der Waals surface area contributed by atoms with E-state index in [0.717, 1.165) is 12.2 Å². The predicted octanol–water partition coefficient (Wildman–Crippen LogP) is 3.90. The van der Waals surface area contributed by atoms with E-state index in [0.29, 0.717) is 0 Å². The van der Waals surface area contributed by atoms with Gasteiger partial charge >= 0.3 is 0 Å². The molecule has 1 nitrogen and oxygen atoms in total. The Morgan fingerprint density at radius 3 is 2.00 bits per heavy atom. The van der Waals surface area contributed by atoms with Crippen molar-refractivity contribution in [3.8, 4) is 5.75 Å². The zero-order valence-corrected chi connectivity index (χ0v) is 10.7. The van der Waals surface area contributed by atoms with Crippen LogP contribution in [-0.4, -0.2) is 7.11 Å². The van der Waals surface area contributed by atoms with Gasteiger partial charge in [0.15, 0.2) is 0 Å². The number of ether oxygens (including phenoxy) is 1. The summed E-state index contributed by atoms with van der Waals surface area (Å²) >= 11 is 0. The normalized spacial score (nSPS) is 10.3. The van der Waals surface area contributed by atoms with Crippen molar-refractivity contribution in [3.63, 3.8) is 0 Å². The van der Waals surface area contributed by atoms with Crippen LogP contribution in [0.2, 0.25) is 0 Å². The summed E-state index contributed by atoms with van der Waals surface area (Å²) in [6.45, 7) is 4.34. The Kier molecular flexibility index (Phi) is 3.48. The molecule has 0 aromatic heterocycles. The lowest BCUT2D eigenvalue weighted by Gasteiger charge is -2.10. The van der Waals surface area contributed by atoms with Gasteiger partial charge in [-0.05, 0) is 54.7 Å². The zero-order valence-electron chi connectivity index (χ0n) is 10.7. The summed E-state index contributed by atoms with van der Waals surface area (Å²) in [6.07, 6.45) is 0.989. The molecule has 0 radical (unpaired) electrons. The van der Waals surface area contributed by atoms with Gasteiger partial charge in [0.25, 0.3) is 0 Å². The maximum Gasteiger partial charge on any atom is 0.118 e. The molecule has 0 N–H and O–H groups in total. The monoisotopic (exact) mass is 226 g/mol. The molecule has 0 saturated heterocycles. The average Bonchev–Trinajstić information content (AvgIpc) is 2.35. The van der Waals surface area contributed by atoms with Crippen LogP contribution in [0.1, 0.15) is 22.3 Å². The fourth-order valence-corrected chi connectivity index (χ4v) is 2.08. The number of benzene rings is 2. The Bertz CT molecular complexity index is 477. The van der Waals surface area contributed by atoms with Gasteiger partial charge in [-0.3, -0.25) is 0 Å². The maximum absolute atomic E-state index is 5.17. The van der Waals surface area contributed by atoms with Gasteiger partial charge in [-0.1, -0.05) is 30.3 Å². The fourth-order valence-electron chi connectivity index (χ4n) is 2.08. The van der Waals surface area contributed by atoms with Gasteiger partial charge in [0.2, 0.25) is 0 Å². The summed E-state index contributed by atoms with van der Waals surface area (Å²) < 4.78 is 5.17. The minimum absolute atomic E-state index is 0.912. The van der Waals surface area contributed by atoms with Crippen molar-refractivity contribution in [1.29, 1.82) is 0 Å². The third kappa shape index (κ3) is 2.68. The maximum atomic E-state index is 5.17. The Morgan fingerprint density at radius 1 is 0.882 bits per heavy atom. The second-order valence-electron chi connectivity index (χ2n) is 4.40. The van der Waals surface area contributed by atoms with E-state index in [1.54, 1.807) is 7.11 Å². The van der Waals surface area contributed by atoms with E-state index in [-0.39, 0.29) is 0 Å². The van der Waals surface area contributed by atoms with Crippen LogP contribution in [0.25, 0.3) is 0 Å². The number of hydrogen-bond acceptors (Lipinski definition) is 1. The molecule has 88 valence electrons. The quantitative estimate of drug-likeness (QED) is 0.771. The highest BCUT2D eigenvalue weighted by atomic mass is 16.5. The molecule has 0 aliphatic rings. The van der Waals surface area contributed by atoms with E-state index in [4.69, 9.17) is 4.74 Å². The molecule has 0 aliphatic carbocycles. The molecule has 2 rings (SSSR count). The van der Waals surface area contributed by atoms with Crippen molar-refractivity contribution < 1.29 is 4.74 Å². The summed E-state index contributed by atoms with van der Waals surface area (Å²) in [7, 11) is 1.69. The Morgan fingerprint density at radius 2 is 1.47 bits per heavy atom. The van der Waals surface area contributed by atoms with Crippen LogP contribution in [0.4, 0.5) is 0 Å². The largest absolute Gasteiger partial charge is 0.497 e. The minimum Gasteiger partial charge on any atom is -0.497 e. The molecule has 1 heteroatoms. The molecule has 0 atom stereocenters. The first-order valence-corrected chi connectivity index (χ1v) is 5.88. The van der Waals surface area contributed by atoms with Crippen LogP contribution in [0, 0.1) is 13.8 Å². The summed E-state index contributed by atoms with van der Waals surface area (Å²) in [4.78, 5) is 0. The predicted molar refractivity (Wildman–Crippen MR) is 71.7 cm³/mol. The first kappa shape index (κ1) is 11.7. The summed E-state index contributed by atoms with van der Waals surface area (Å²) in [5.74, 6) is 0.912. The average molecular weight is 226 g/mol. The highest BCUT2D eigenvalue weighted by Crippen LogP contribution is 2.19. The lowest BCUT2D eigenvalue weighted by Crippen LogP contribution is -1.95. The Balaban J connectivity index is 2.25. The van der Waals surface area contributed by atoms with Crippen molar-refractivity contribution in [1.82, 2.24) is 0 Å². The topological polar surface area (TPSA) is 9.23 Å². The molecule has 17 heavy (non-hydrogen) atoms. The summed E-state index contributed by atoms with van der Waals surface area (Å²) in [6, 6.07) is 14.8. The molecule has 0 bridgehead atoms. The van der Waals surface area contributed by atoms with Crippen molar-refractivity contribution in [3.05, 3.63) is 64.7 Å². The summed E-state index contributed by atoms with van der Waals surface area (Å²) in [5.41, 5.74) is 5.47. The van der Waals surface area contributed by atoms with Crippen LogP contribution in [0.15, 0.2) is 42.5 Å². The fraction of sp³-hybridized carbons (Fsp3) is 0.250. The second-order valence-corrected chi connectivity index (χ2v) is 4.40. The van der Waals surface area contributed by atoms with Crippen LogP contribution in [0.5, 0.6) is 5.75 Å². The SMILES string of the molecule is COc1ccc(Cc2c(C)cccc2C)cc1. The third-order valence-electron chi connectivity index (χ3n) is 3.18. The molecule has 0 amide bonds. The van der Waals surface area contributed by atoms with Gasteiger partial charge in [-0.15, -0.1) is 0 Å². The van der Waals surface area contributed by atoms with Crippen molar-refractivity contribution >= 4 is 0 Å². The van der Waals surface area contributed by atoms with Crippen molar-refractivity contribution in [2.24, 2.45) is 0 Å². The van der Waals surface area contributed by atoms with Crippen LogP contribution in [-0.2, 0) is 6.42 Å². The number of hydrogen-bond donors (Lipinski definition) is 0. The van der Waals surface area contributed by atoms with Crippen LogP contribution < -0.4 is 4.74 Å². The number of rotatable bonds is 3. The Hall–Kier alpha value is -1.76. The molecule has 0 unspecified atom stereocenters. The molecule has 0 saturated carbocycles. The molecular formula is C16H18O. The molecule has 0 spiro atoms. The number of aryl methyl sites for hydroxylation is 2. The van der Waals surface area contributed by atoms with E-state index in [2.05, 4.69) is 44.2 Å². The lowest BCUT2D eigenvalue weighted by atomic mass is 9.96. The molecule has 2 aromatic rings. The highest BCUT2D eigenvalue weighted by molar-refractivity contribution is 5.39. The molecule has 0 aliphatic heterocycles. The van der Waals surface area contributed by atoms with Crippen molar-refractivity contribution in [2.45, 2.75) is 20.3 Å². The van der Waals surface area contributed by atoms with Gasteiger partial charge in [-0.2, -0.15) is 0 Å². The van der Waals surface area contributed by atoms with Crippen molar-refractivity contribution in [2.75, 3.05) is 7.11 Å².